The summed E-state index contributed by atoms with van der Waals surface area (Å²) in [6.45, 7) is 1.86. The molecule has 0 aliphatic rings. The molecule has 2 nitrogen and oxygen atoms in total. The van der Waals surface area contributed by atoms with Crippen LogP contribution in [-0.2, 0) is 0 Å². The molecule has 2 rings (SSSR count). The fourth-order valence-corrected chi connectivity index (χ4v) is 3.30. The van der Waals surface area contributed by atoms with Gasteiger partial charge in [0.25, 0.3) is 0 Å². The van der Waals surface area contributed by atoms with E-state index >= 15 is 0 Å². The van der Waals surface area contributed by atoms with Crippen molar-refractivity contribution in [2.45, 2.75) is 6.92 Å². The zero-order valence-electron chi connectivity index (χ0n) is 6.33. The van der Waals surface area contributed by atoms with E-state index in [9.17, 15) is 4.79 Å². The lowest BCUT2D eigenvalue weighted by molar-refractivity contribution is 0.0701. The van der Waals surface area contributed by atoms with Gasteiger partial charge in [0.15, 0.2) is 0 Å². The van der Waals surface area contributed by atoms with Crippen molar-refractivity contribution in [2.75, 3.05) is 0 Å². The fourth-order valence-electron chi connectivity index (χ4n) is 1.15. The zero-order chi connectivity index (χ0) is 8.72. The molecule has 12 heavy (non-hydrogen) atoms. The summed E-state index contributed by atoms with van der Waals surface area (Å²) in [6.07, 6.45) is 0. The summed E-state index contributed by atoms with van der Waals surface area (Å²) < 4.78 is 1.10. The lowest BCUT2D eigenvalue weighted by atomic mass is 10.2. The third kappa shape index (κ3) is 0.956. The first-order chi connectivity index (χ1) is 5.70. The van der Waals surface area contributed by atoms with Gasteiger partial charge in [-0.1, -0.05) is 0 Å². The number of thiophene rings is 2. The third-order valence-corrected chi connectivity index (χ3v) is 4.10. The fraction of sp³-hybridized carbons (Fsp3) is 0.125. The molecule has 0 saturated carbocycles. The van der Waals surface area contributed by atoms with Crippen LogP contribution in [0.15, 0.2) is 11.4 Å². The second kappa shape index (κ2) is 2.57. The van der Waals surface area contributed by atoms with Gasteiger partial charge in [0.1, 0.15) is 4.88 Å². The first-order valence-electron chi connectivity index (χ1n) is 3.40. The minimum Gasteiger partial charge on any atom is -0.477 e. The van der Waals surface area contributed by atoms with E-state index in [0.29, 0.717) is 4.88 Å². The number of carboxylic acids is 1. The zero-order valence-corrected chi connectivity index (χ0v) is 7.96. The van der Waals surface area contributed by atoms with Gasteiger partial charge in [0.2, 0.25) is 0 Å². The molecular formula is C8H6O2S2. The first-order valence-corrected chi connectivity index (χ1v) is 5.09. The number of carboxylic acid groups (broad SMARTS) is 1. The van der Waals surface area contributed by atoms with Gasteiger partial charge in [-0.05, 0) is 23.9 Å². The molecule has 0 atom stereocenters. The minimum absolute atomic E-state index is 0.469. The van der Waals surface area contributed by atoms with Crippen LogP contribution >= 0.6 is 22.7 Å². The van der Waals surface area contributed by atoms with E-state index in [-0.39, 0.29) is 0 Å². The Kier molecular flexibility index (Phi) is 1.66. The molecule has 0 aliphatic heterocycles. The molecule has 0 spiro atoms. The van der Waals surface area contributed by atoms with E-state index in [0.717, 1.165) is 15.0 Å². The SMILES string of the molecule is Cc1c(C(=O)O)sc2sccc12. The highest BCUT2D eigenvalue weighted by Crippen LogP contribution is 2.34. The van der Waals surface area contributed by atoms with Crippen molar-refractivity contribution in [3.05, 3.63) is 21.9 Å². The summed E-state index contributed by atoms with van der Waals surface area (Å²) >= 11 is 2.95. The van der Waals surface area contributed by atoms with Crippen LogP contribution < -0.4 is 0 Å². The van der Waals surface area contributed by atoms with E-state index in [4.69, 9.17) is 5.11 Å². The number of hydrogen-bond donors (Lipinski definition) is 1. The van der Waals surface area contributed by atoms with Crippen molar-refractivity contribution < 1.29 is 9.90 Å². The Labute approximate surface area is 77.1 Å². The summed E-state index contributed by atoms with van der Waals surface area (Å²) in [5, 5.41) is 11.9. The van der Waals surface area contributed by atoms with Crippen LogP contribution in [0.3, 0.4) is 0 Å². The highest BCUT2D eigenvalue weighted by molar-refractivity contribution is 7.38. The second-order valence-corrected chi connectivity index (χ2v) is 4.68. The number of rotatable bonds is 1. The molecule has 4 heteroatoms. The van der Waals surface area contributed by atoms with E-state index in [2.05, 4.69) is 0 Å². The Morgan fingerprint density at radius 2 is 2.33 bits per heavy atom. The van der Waals surface area contributed by atoms with Gasteiger partial charge < -0.3 is 5.11 Å². The van der Waals surface area contributed by atoms with E-state index in [1.54, 1.807) is 11.3 Å². The summed E-state index contributed by atoms with van der Waals surface area (Å²) in [6, 6.07) is 1.97. The molecule has 0 aliphatic carbocycles. The van der Waals surface area contributed by atoms with Gasteiger partial charge in [0.05, 0.1) is 4.01 Å². The van der Waals surface area contributed by atoms with Gasteiger partial charge in [-0.3, -0.25) is 0 Å². The molecule has 0 radical (unpaired) electrons. The normalized spacial score (nSPS) is 10.8. The third-order valence-electron chi connectivity index (χ3n) is 1.76. The van der Waals surface area contributed by atoms with Crippen LogP contribution in [0.4, 0.5) is 0 Å². The smallest absolute Gasteiger partial charge is 0.346 e. The van der Waals surface area contributed by atoms with Crippen LogP contribution in [0.1, 0.15) is 15.2 Å². The van der Waals surface area contributed by atoms with Crippen molar-refractivity contribution in [3.63, 3.8) is 0 Å². The molecule has 0 bridgehead atoms. The van der Waals surface area contributed by atoms with Crippen LogP contribution in [0.2, 0.25) is 0 Å². The Hall–Kier alpha value is -0.870. The van der Waals surface area contributed by atoms with Gasteiger partial charge in [-0.25, -0.2) is 4.79 Å². The largest absolute Gasteiger partial charge is 0.477 e. The Balaban J connectivity index is 2.78. The standard InChI is InChI=1S/C8H6O2S2/c1-4-5-2-3-11-8(5)12-6(4)7(9)10/h2-3H,1H3,(H,9,10). The molecule has 0 amide bonds. The maximum Gasteiger partial charge on any atom is 0.346 e. The Morgan fingerprint density at radius 1 is 1.58 bits per heavy atom. The molecule has 0 unspecified atom stereocenters. The number of aryl methyl sites for hydroxylation is 1. The van der Waals surface area contributed by atoms with Gasteiger partial charge in [-0.15, -0.1) is 22.7 Å². The minimum atomic E-state index is -0.819. The number of hydrogen-bond acceptors (Lipinski definition) is 3. The molecule has 0 fully saturated rings. The highest BCUT2D eigenvalue weighted by atomic mass is 32.2. The predicted molar refractivity (Wildman–Crippen MR) is 51.4 cm³/mol. The Bertz CT molecular complexity index is 439. The lowest BCUT2D eigenvalue weighted by Gasteiger charge is -1.88. The molecule has 1 N–H and O–H groups in total. The molecule has 2 aromatic heterocycles. The molecular weight excluding hydrogens is 192 g/mol. The number of carbonyl (C=O) groups is 1. The van der Waals surface area contributed by atoms with Crippen molar-refractivity contribution in [2.24, 2.45) is 0 Å². The van der Waals surface area contributed by atoms with Gasteiger partial charge >= 0.3 is 5.97 Å². The van der Waals surface area contributed by atoms with Crippen molar-refractivity contribution in [3.8, 4) is 0 Å². The summed E-state index contributed by atoms with van der Waals surface area (Å²) in [4.78, 5) is 11.2. The van der Waals surface area contributed by atoms with Crippen molar-refractivity contribution in [1.82, 2.24) is 0 Å². The molecule has 2 heterocycles. The maximum atomic E-state index is 10.7. The summed E-state index contributed by atoms with van der Waals surface area (Å²) in [7, 11) is 0. The van der Waals surface area contributed by atoms with Gasteiger partial charge in [-0.2, -0.15) is 0 Å². The predicted octanol–water partition coefficient (Wildman–Crippen LogP) is 2.97. The number of aromatic carboxylic acids is 1. The van der Waals surface area contributed by atoms with E-state index in [1.807, 2.05) is 18.4 Å². The van der Waals surface area contributed by atoms with Crippen LogP contribution in [0.5, 0.6) is 0 Å². The Morgan fingerprint density at radius 3 is 2.92 bits per heavy atom. The second-order valence-electron chi connectivity index (χ2n) is 2.48. The quantitative estimate of drug-likeness (QED) is 0.764. The highest BCUT2D eigenvalue weighted by Gasteiger charge is 2.14. The molecule has 2 aromatic rings. The number of fused-ring (bicyclic) bond motifs is 1. The lowest BCUT2D eigenvalue weighted by Crippen LogP contribution is -1.93. The maximum absolute atomic E-state index is 10.7. The summed E-state index contributed by atoms with van der Waals surface area (Å²) in [5.41, 5.74) is 0.892. The topological polar surface area (TPSA) is 37.3 Å². The molecule has 0 saturated heterocycles. The van der Waals surface area contributed by atoms with Crippen molar-refractivity contribution in [1.29, 1.82) is 0 Å². The average Bonchev–Trinajstić information content (AvgIpc) is 2.53. The average molecular weight is 198 g/mol. The van der Waals surface area contributed by atoms with E-state index in [1.165, 1.54) is 11.3 Å². The molecule has 62 valence electrons. The van der Waals surface area contributed by atoms with Crippen molar-refractivity contribution >= 4 is 38.0 Å². The monoisotopic (exact) mass is 198 g/mol. The first kappa shape index (κ1) is 7.76. The van der Waals surface area contributed by atoms with Crippen LogP contribution in [0, 0.1) is 6.92 Å². The molecule has 0 aromatic carbocycles. The summed E-state index contributed by atoms with van der Waals surface area (Å²) in [5.74, 6) is -0.819. The van der Waals surface area contributed by atoms with Gasteiger partial charge in [0, 0.05) is 5.39 Å². The van der Waals surface area contributed by atoms with E-state index < -0.39 is 5.97 Å². The van der Waals surface area contributed by atoms with Crippen LogP contribution in [-0.4, -0.2) is 11.1 Å². The van der Waals surface area contributed by atoms with Crippen LogP contribution in [0.25, 0.3) is 9.40 Å².